The molecular formula is C23H24F6N3O5PS. The molecule has 8 nitrogen and oxygen atoms in total. The number of hydrogen-bond donors (Lipinski definition) is 2. The molecule has 0 saturated carbocycles. The van der Waals surface area contributed by atoms with E-state index in [0.717, 1.165) is 29.5 Å². The molecule has 2 aromatic carbocycles. The predicted octanol–water partition coefficient (Wildman–Crippen LogP) is 6.05. The summed E-state index contributed by atoms with van der Waals surface area (Å²) in [6, 6.07) is 7.61. The molecule has 1 unspecified atom stereocenters. The van der Waals surface area contributed by atoms with Crippen molar-refractivity contribution in [2.75, 3.05) is 19.8 Å². The van der Waals surface area contributed by atoms with Crippen LogP contribution in [0.5, 0.6) is 11.5 Å². The molecule has 1 heterocycles. The Bertz CT molecular complexity index is 1270. The minimum atomic E-state index is -4.73. The maximum absolute atomic E-state index is 13.7. The Morgan fingerprint density at radius 1 is 0.949 bits per heavy atom. The predicted molar refractivity (Wildman–Crippen MR) is 131 cm³/mol. The highest BCUT2D eigenvalue weighted by Crippen LogP contribution is 2.40. The maximum atomic E-state index is 13.7. The lowest BCUT2D eigenvalue weighted by atomic mass is 10.1. The van der Waals surface area contributed by atoms with Gasteiger partial charge in [0.25, 0.3) is 0 Å². The van der Waals surface area contributed by atoms with Gasteiger partial charge in [0.15, 0.2) is 0 Å². The quantitative estimate of drug-likeness (QED) is 0.147. The first-order valence-electron chi connectivity index (χ1n) is 11.3. The van der Waals surface area contributed by atoms with Crippen molar-refractivity contribution in [2.24, 2.45) is 5.73 Å². The molecule has 1 aromatic heterocycles. The van der Waals surface area contributed by atoms with E-state index in [1.165, 1.54) is 31.2 Å². The Labute approximate surface area is 223 Å². The number of nitrogens with two attached hydrogens (primary N) is 1. The third kappa shape index (κ3) is 8.90. The molecular weight excluding hydrogens is 575 g/mol. The number of nitrogens with zero attached hydrogens (tertiary/aromatic N) is 2. The van der Waals surface area contributed by atoms with Gasteiger partial charge in [0, 0.05) is 5.56 Å². The van der Waals surface area contributed by atoms with Gasteiger partial charge in [-0.3, -0.25) is 4.57 Å². The zero-order valence-electron chi connectivity index (χ0n) is 20.3. The topological polar surface area (TPSA) is 117 Å². The van der Waals surface area contributed by atoms with E-state index < -0.39 is 37.3 Å². The summed E-state index contributed by atoms with van der Waals surface area (Å²) in [7, 11) is -3.23. The van der Waals surface area contributed by atoms with Crippen molar-refractivity contribution in [3.63, 3.8) is 0 Å². The van der Waals surface area contributed by atoms with Crippen molar-refractivity contribution in [1.82, 2.24) is 10.2 Å². The number of hydrogen-bond acceptors (Lipinski definition) is 8. The van der Waals surface area contributed by atoms with E-state index in [4.69, 9.17) is 20.1 Å². The van der Waals surface area contributed by atoms with Crippen molar-refractivity contribution in [3.05, 3.63) is 58.6 Å². The van der Waals surface area contributed by atoms with Gasteiger partial charge >= 0.3 is 20.6 Å². The average molecular weight is 599 g/mol. The van der Waals surface area contributed by atoms with Crippen LogP contribution in [-0.2, 0) is 27.0 Å². The minimum absolute atomic E-state index is 0.0543. The highest BCUT2D eigenvalue weighted by Gasteiger charge is 2.35. The fraction of sp³-hybridized carbons (Fsp3) is 0.391. The van der Waals surface area contributed by atoms with Gasteiger partial charge in [-0.05, 0) is 62.2 Å². The van der Waals surface area contributed by atoms with E-state index in [1.54, 1.807) is 0 Å². The summed E-state index contributed by atoms with van der Waals surface area (Å²) < 4.78 is 105. The van der Waals surface area contributed by atoms with Crippen molar-refractivity contribution in [1.29, 1.82) is 0 Å². The molecule has 0 aliphatic heterocycles. The number of unbranched alkanes of at least 4 members (excludes halogenated alkanes) is 1. The van der Waals surface area contributed by atoms with Gasteiger partial charge in [0.2, 0.25) is 0 Å². The van der Waals surface area contributed by atoms with Crippen molar-refractivity contribution >= 4 is 19.6 Å². The summed E-state index contributed by atoms with van der Waals surface area (Å²) in [6.07, 6.45) is -8.46. The fourth-order valence-electron chi connectivity index (χ4n) is 3.17. The molecule has 214 valence electrons. The highest BCUT2D eigenvalue weighted by molar-refractivity contribution is 7.32. The van der Waals surface area contributed by atoms with Gasteiger partial charge in [-0.15, -0.1) is 10.2 Å². The molecule has 0 amide bonds. The zero-order valence-corrected chi connectivity index (χ0v) is 22.1. The Kier molecular flexibility index (Phi) is 9.99. The molecule has 0 radical (unpaired) electrons. The molecule has 0 bridgehead atoms. The molecule has 3 N–H and O–H groups in total. The number of rotatable bonds is 12. The Morgan fingerprint density at radius 2 is 1.59 bits per heavy atom. The zero-order chi connectivity index (χ0) is 28.8. The minimum Gasteiger partial charge on any atom is -0.494 e. The lowest BCUT2D eigenvalue weighted by Crippen LogP contribution is -2.37. The summed E-state index contributed by atoms with van der Waals surface area (Å²) in [5.41, 5.74) is 3.06. The molecule has 0 spiro atoms. The van der Waals surface area contributed by atoms with Gasteiger partial charge in [-0.25, -0.2) is 0 Å². The smallest absolute Gasteiger partial charge is 0.419 e. The normalized spacial score (nSPS) is 14.6. The number of aromatic nitrogens is 2. The first-order valence-corrected chi connectivity index (χ1v) is 13.4. The van der Waals surface area contributed by atoms with E-state index in [1.807, 2.05) is 0 Å². The van der Waals surface area contributed by atoms with Crippen LogP contribution in [0.25, 0.3) is 10.6 Å². The van der Waals surface area contributed by atoms with Crippen LogP contribution in [-0.4, -0.2) is 34.9 Å². The van der Waals surface area contributed by atoms with E-state index >= 15 is 0 Å². The average Bonchev–Trinajstić information content (AvgIpc) is 3.36. The monoisotopic (exact) mass is 599 g/mol. The first kappa shape index (κ1) is 30.8. The van der Waals surface area contributed by atoms with Crippen LogP contribution >= 0.6 is 19.6 Å². The molecule has 39 heavy (non-hydrogen) atoms. The summed E-state index contributed by atoms with van der Waals surface area (Å²) in [5.74, 6) is -0.143. The van der Waals surface area contributed by atoms with Crippen molar-refractivity contribution in [3.8, 4) is 22.1 Å². The van der Waals surface area contributed by atoms with Gasteiger partial charge < -0.3 is 24.6 Å². The molecule has 2 atom stereocenters. The summed E-state index contributed by atoms with van der Waals surface area (Å²) >= 11 is 0.919. The van der Waals surface area contributed by atoms with Crippen LogP contribution in [0, 0.1) is 0 Å². The highest BCUT2D eigenvalue weighted by atomic mass is 32.1. The van der Waals surface area contributed by atoms with Crippen LogP contribution in [0.2, 0.25) is 0 Å². The molecule has 0 aliphatic rings. The lowest BCUT2D eigenvalue weighted by Gasteiger charge is -2.19. The Balaban J connectivity index is 1.58. The number of halogens is 6. The fourth-order valence-corrected chi connectivity index (χ4v) is 4.48. The van der Waals surface area contributed by atoms with Crippen molar-refractivity contribution < 1.29 is 49.8 Å². The van der Waals surface area contributed by atoms with Crippen LogP contribution in [0.3, 0.4) is 0 Å². The molecule has 0 aliphatic carbocycles. The van der Waals surface area contributed by atoms with Gasteiger partial charge in [-0.2, -0.15) is 26.3 Å². The second-order valence-corrected chi connectivity index (χ2v) is 10.3. The lowest BCUT2D eigenvalue weighted by molar-refractivity contribution is -0.139. The molecule has 0 saturated heterocycles. The van der Waals surface area contributed by atoms with Crippen molar-refractivity contribution in [2.45, 2.75) is 37.7 Å². The Morgan fingerprint density at radius 3 is 2.18 bits per heavy atom. The van der Waals surface area contributed by atoms with Crippen LogP contribution in [0.15, 0.2) is 42.5 Å². The van der Waals surface area contributed by atoms with E-state index in [9.17, 15) is 30.9 Å². The molecule has 16 heteroatoms. The standard InChI is InChI=1S/C23H24F6N3O5PS/c1-21(30,13-37-38(33)34)20-32-31-19(39-20)14-4-9-18(17(12-14)23(27,28)29)36-11-3-2-10-35-16-7-5-15(6-8-16)22(24,25)26/h4-9,12,38H,2-3,10-11,13,30H2,1H3,(H,33,34)/t21-/m0/s1. The second kappa shape index (κ2) is 12.6. The van der Waals surface area contributed by atoms with Crippen LogP contribution < -0.4 is 15.2 Å². The van der Waals surface area contributed by atoms with E-state index in [-0.39, 0.29) is 46.9 Å². The third-order valence-electron chi connectivity index (χ3n) is 5.19. The summed E-state index contributed by atoms with van der Waals surface area (Å²) in [4.78, 5) is 8.84. The third-order valence-corrected chi connectivity index (χ3v) is 6.83. The van der Waals surface area contributed by atoms with Gasteiger partial charge in [0.1, 0.15) is 21.5 Å². The molecule has 0 fully saturated rings. The van der Waals surface area contributed by atoms with Gasteiger partial charge in [-0.1, -0.05) is 11.3 Å². The number of benzene rings is 2. The maximum Gasteiger partial charge on any atom is 0.419 e. The second-order valence-electron chi connectivity index (χ2n) is 8.52. The van der Waals surface area contributed by atoms with E-state index in [0.29, 0.717) is 12.8 Å². The largest absolute Gasteiger partial charge is 0.494 e. The molecule has 3 rings (SSSR count). The van der Waals surface area contributed by atoms with E-state index in [2.05, 4.69) is 14.7 Å². The number of alkyl halides is 6. The summed E-state index contributed by atoms with van der Waals surface area (Å²) in [5, 5.41) is 8.13. The summed E-state index contributed by atoms with van der Waals surface area (Å²) in [6.45, 7) is 1.22. The molecule has 3 aromatic rings. The van der Waals surface area contributed by atoms with Crippen LogP contribution in [0.4, 0.5) is 26.3 Å². The van der Waals surface area contributed by atoms with Gasteiger partial charge in [0.05, 0.1) is 36.5 Å². The Hall–Kier alpha value is -2.71. The van der Waals surface area contributed by atoms with Crippen LogP contribution in [0.1, 0.15) is 35.9 Å². The SMILES string of the molecule is C[C@](N)(CO[PH](=O)O)c1nnc(-c2ccc(OCCCCOc3ccc(C(F)(F)F)cc3)c(C(F)(F)F)c2)s1. The first-order chi connectivity index (χ1) is 18.2. The number of ether oxygens (including phenoxy) is 2.